The number of ketones is 1. The number of rotatable bonds is 11. The summed E-state index contributed by atoms with van der Waals surface area (Å²) in [6.45, 7) is 13.8. The maximum Gasteiger partial charge on any atom is 0.138 e. The smallest absolute Gasteiger partial charge is 0.138 e. The largest absolute Gasteiger partial charge is 0.389 e. The molecule has 0 aromatic rings. The highest BCUT2D eigenvalue weighted by Crippen LogP contribution is 2.31. The molecule has 3 atom stereocenters. The van der Waals surface area contributed by atoms with E-state index in [2.05, 4.69) is 52.6 Å². The average molecular weight is 418 g/mol. The fourth-order valence-electron chi connectivity index (χ4n) is 4.21. The summed E-state index contributed by atoms with van der Waals surface area (Å²) < 4.78 is 0. The Kier molecular flexibility index (Phi) is 12.5. The van der Waals surface area contributed by atoms with Crippen LogP contribution in [0.3, 0.4) is 0 Å². The third kappa shape index (κ3) is 10.7. The van der Waals surface area contributed by atoms with Crippen LogP contribution in [0.15, 0.2) is 28.3 Å². The van der Waals surface area contributed by atoms with Gasteiger partial charge in [0.15, 0.2) is 0 Å². The Morgan fingerprint density at radius 3 is 2.77 bits per heavy atom. The molecule has 0 heterocycles. The van der Waals surface area contributed by atoms with Crippen LogP contribution in [-0.4, -0.2) is 29.8 Å². The first-order valence-corrected chi connectivity index (χ1v) is 12.2. The van der Waals surface area contributed by atoms with Crippen LogP contribution in [-0.2, 0) is 4.79 Å². The van der Waals surface area contributed by atoms with Gasteiger partial charge in [-0.25, -0.2) is 0 Å². The molecule has 30 heavy (non-hydrogen) atoms. The summed E-state index contributed by atoms with van der Waals surface area (Å²) in [7, 11) is 0. The molecule has 0 aromatic carbocycles. The first-order chi connectivity index (χ1) is 14.2. The molecule has 3 heteroatoms. The zero-order valence-electron chi connectivity index (χ0n) is 20.5. The van der Waals surface area contributed by atoms with E-state index in [0.717, 1.165) is 64.3 Å². The Bertz CT molecular complexity index is 600. The van der Waals surface area contributed by atoms with Crippen LogP contribution >= 0.6 is 0 Å². The lowest BCUT2D eigenvalue weighted by Gasteiger charge is -2.25. The molecular formula is C27H47NO2. The molecule has 1 rings (SSSR count). The predicted octanol–water partition coefficient (Wildman–Crippen LogP) is 7.09. The summed E-state index contributed by atoms with van der Waals surface area (Å²) in [4.78, 5) is 17.3. The lowest BCUT2D eigenvalue weighted by Crippen LogP contribution is -2.25. The zero-order chi connectivity index (χ0) is 22.6. The number of aliphatic hydroxyl groups is 1. The zero-order valence-corrected chi connectivity index (χ0v) is 20.5. The molecule has 0 amide bonds. The molecule has 0 aliphatic heterocycles. The van der Waals surface area contributed by atoms with Crippen LogP contribution in [0.4, 0.5) is 0 Å². The monoisotopic (exact) mass is 417 g/mol. The second kappa shape index (κ2) is 14.0. The van der Waals surface area contributed by atoms with Gasteiger partial charge in [0, 0.05) is 18.4 Å². The summed E-state index contributed by atoms with van der Waals surface area (Å²) in [5.41, 5.74) is 2.49. The van der Waals surface area contributed by atoms with Crippen molar-refractivity contribution in [3.63, 3.8) is 0 Å². The number of carbonyl (C=O) groups is 1. The Labute approximate surface area is 186 Å². The number of allylic oxidation sites excluding steroid dienone is 3. The van der Waals surface area contributed by atoms with Crippen LogP contribution in [0.25, 0.3) is 0 Å². The lowest BCUT2D eigenvalue weighted by atomic mass is 9.78. The van der Waals surface area contributed by atoms with Gasteiger partial charge in [-0.15, -0.1) is 0 Å². The summed E-state index contributed by atoms with van der Waals surface area (Å²) >= 11 is 0. The Balaban J connectivity index is 2.49. The summed E-state index contributed by atoms with van der Waals surface area (Å²) in [5.74, 6) is 1.49. The van der Waals surface area contributed by atoms with Gasteiger partial charge in [-0.05, 0) is 89.7 Å². The van der Waals surface area contributed by atoms with Gasteiger partial charge in [0.2, 0.25) is 0 Å². The van der Waals surface area contributed by atoms with Crippen molar-refractivity contribution in [3.8, 4) is 0 Å². The highest BCUT2D eigenvalue weighted by molar-refractivity contribution is 5.83. The highest BCUT2D eigenvalue weighted by Gasteiger charge is 2.27. The summed E-state index contributed by atoms with van der Waals surface area (Å²) in [6, 6.07) is 0. The van der Waals surface area contributed by atoms with Crippen molar-refractivity contribution in [2.24, 2.45) is 22.2 Å². The number of hydrogen-bond acceptors (Lipinski definition) is 3. The molecule has 172 valence electrons. The number of aliphatic imine (C=N–C) groups is 1. The van der Waals surface area contributed by atoms with Crippen molar-refractivity contribution in [2.75, 3.05) is 6.54 Å². The molecule has 0 saturated heterocycles. The van der Waals surface area contributed by atoms with E-state index in [0.29, 0.717) is 24.0 Å². The number of carbonyl (C=O) groups excluding carboxylic acids is 1. The molecule has 0 aromatic heterocycles. The molecule has 1 aliphatic carbocycles. The molecule has 0 bridgehead atoms. The van der Waals surface area contributed by atoms with E-state index >= 15 is 0 Å². The van der Waals surface area contributed by atoms with Gasteiger partial charge in [0.25, 0.3) is 0 Å². The molecule has 0 spiro atoms. The number of nitrogens with zero attached hydrogens (tertiary/aromatic N) is 1. The van der Waals surface area contributed by atoms with Gasteiger partial charge in [0.1, 0.15) is 5.78 Å². The van der Waals surface area contributed by atoms with E-state index in [4.69, 9.17) is 0 Å². The Morgan fingerprint density at radius 1 is 1.33 bits per heavy atom. The minimum Gasteiger partial charge on any atom is -0.389 e. The first-order valence-electron chi connectivity index (χ1n) is 12.2. The normalized spacial score (nSPS) is 22.5. The second-order valence-electron chi connectivity index (χ2n) is 10.1. The van der Waals surface area contributed by atoms with E-state index in [1.165, 1.54) is 11.1 Å². The van der Waals surface area contributed by atoms with Gasteiger partial charge in [-0.2, -0.15) is 0 Å². The maximum absolute atomic E-state index is 12.9. The molecule has 0 saturated carbocycles. The molecule has 0 fully saturated rings. The van der Waals surface area contributed by atoms with Crippen molar-refractivity contribution in [1.82, 2.24) is 0 Å². The number of Topliss-reactive ketones (excluding diaryl/α,β-unsaturated/α-hetero) is 1. The maximum atomic E-state index is 12.9. The van der Waals surface area contributed by atoms with Crippen molar-refractivity contribution >= 4 is 12.0 Å². The van der Waals surface area contributed by atoms with Crippen LogP contribution in [0.5, 0.6) is 0 Å². The van der Waals surface area contributed by atoms with Crippen LogP contribution in [0.1, 0.15) is 106 Å². The van der Waals surface area contributed by atoms with Crippen LogP contribution in [0, 0.1) is 17.3 Å². The molecule has 0 radical (unpaired) electrons. The average Bonchev–Trinajstić information content (AvgIpc) is 2.68. The van der Waals surface area contributed by atoms with E-state index in [1.54, 1.807) is 0 Å². The van der Waals surface area contributed by atoms with E-state index in [-0.39, 0.29) is 11.5 Å². The SMILES string of the molecule is CCC=NCC(C)CCC(C)(C)C(=O)CCCC1CCC(C)=CC(O)CCC=C1C. The summed E-state index contributed by atoms with van der Waals surface area (Å²) in [6.07, 6.45) is 15.6. The molecule has 1 N–H and O–H groups in total. The Hall–Kier alpha value is -1.22. The summed E-state index contributed by atoms with van der Waals surface area (Å²) in [5, 5.41) is 10.0. The quantitative estimate of drug-likeness (QED) is 0.288. The van der Waals surface area contributed by atoms with Gasteiger partial charge >= 0.3 is 0 Å². The van der Waals surface area contributed by atoms with Gasteiger partial charge in [0.05, 0.1) is 6.10 Å². The first kappa shape index (κ1) is 26.8. The molecule has 1 aliphatic rings. The van der Waals surface area contributed by atoms with Crippen molar-refractivity contribution in [2.45, 2.75) is 112 Å². The molecular weight excluding hydrogens is 370 g/mol. The minimum atomic E-state index is -0.313. The van der Waals surface area contributed by atoms with Gasteiger partial charge in [-0.1, -0.05) is 51.0 Å². The van der Waals surface area contributed by atoms with Crippen molar-refractivity contribution < 1.29 is 9.90 Å². The van der Waals surface area contributed by atoms with Gasteiger partial charge < -0.3 is 5.11 Å². The molecule has 3 nitrogen and oxygen atoms in total. The topological polar surface area (TPSA) is 49.7 Å². The van der Waals surface area contributed by atoms with E-state index in [1.807, 2.05) is 12.3 Å². The minimum absolute atomic E-state index is 0.237. The fraction of sp³-hybridized carbons (Fsp3) is 0.778. The third-order valence-corrected chi connectivity index (χ3v) is 6.64. The van der Waals surface area contributed by atoms with Crippen LogP contribution < -0.4 is 0 Å². The lowest BCUT2D eigenvalue weighted by molar-refractivity contribution is -0.127. The van der Waals surface area contributed by atoms with E-state index < -0.39 is 0 Å². The van der Waals surface area contributed by atoms with Crippen molar-refractivity contribution in [3.05, 3.63) is 23.3 Å². The van der Waals surface area contributed by atoms with Crippen LogP contribution in [0.2, 0.25) is 0 Å². The van der Waals surface area contributed by atoms with Crippen molar-refractivity contribution in [1.29, 1.82) is 0 Å². The highest BCUT2D eigenvalue weighted by atomic mass is 16.3. The second-order valence-corrected chi connectivity index (χ2v) is 10.1. The van der Waals surface area contributed by atoms with E-state index in [9.17, 15) is 9.90 Å². The standard InChI is InChI=1S/C27H47NO2/c1-7-18-28-20-22(3)16-17-27(5,6)26(30)13-9-11-24-15-14-21(2)19-25(29)12-8-10-23(24)4/h10,18-19,22,24-25,29H,7-9,11-17,20H2,1-6H3. The number of hydrogen-bond donors (Lipinski definition) is 1. The number of aliphatic hydroxyl groups excluding tert-OH is 1. The fourth-order valence-corrected chi connectivity index (χ4v) is 4.21. The third-order valence-electron chi connectivity index (χ3n) is 6.64. The predicted molar refractivity (Wildman–Crippen MR) is 130 cm³/mol. The Morgan fingerprint density at radius 2 is 2.07 bits per heavy atom. The van der Waals surface area contributed by atoms with Gasteiger partial charge in [-0.3, -0.25) is 9.79 Å². The molecule has 3 unspecified atom stereocenters.